The van der Waals surface area contributed by atoms with Crippen molar-refractivity contribution in [3.8, 4) is 5.82 Å². The van der Waals surface area contributed by atoms with E-state index in [2.05, 4.69) is 30.0 Å². The van der Waals surface area contributed by atoms with Crippen molar-refractivity contribution in [1.82, 2.24) is 29.4 Å². The van der Waals surface area contributed by atoms with Crippen molar-refractivity contribution in [3.05, 3.63) is 53.0 Å². The minimum atomic E-state index is -0.412. The SMILES string of the molecule is CCNC(=O)Nc1cc(CN2CCC(c3ccc(-n4cccn4)nc3F)CC2)sn1. The molecule has 2 N–H and O–H groups in total. The van der Waals surface area contributed by atoms with E-state index in [9.17, 15) is 9.18 Å². The van der Waals surface area contributed by atoms with Gasteiger partial charge in [0.05, 0.1) is 0 Å². The van der Waals surface area contributed by atoms with Crippen LogP contribution in [0.2, 0.25) is 0 Å². The number of carbonyl (C=O) groups is 1. The second kappa shape index (κ2) is 9.31. The van der Waals surface area contributed by atoms with Gasteiger partial charge in [0.15, 0.2) is 5.82 Å². The molecule has 0 radical (unpaired) electrons. The van der Waals surface area contributed by atoms with E-state index >= 15 is 0 Å². The molecule has 1 aliphatic heterocycles. The Hall–Kier alpha value is -2.85. The lowest BCUT2D eigenvalue weighted by molar-refractivity contribution is 0.204. The van der Waals surface area contributed by atoms with Crippen LogP contribution in [0.4, 0.5) is 15.0 Å². The lowest BCUT2D eigenvalue weighted by atomic mass is 9.90. The Balaban J connectivity index is 1.31. The number of nitrogens with zero attached hydrogens (tertiary/aromatic N) is 5. The minimum absolute atomic E-state index is 0.164. The lowest BCUT2D eigenvalue weighted by Gasteiger charge is -2.31. The van der Waals surface area contributed by atoms with Crippen molar-refractivity contribution in [2.45, 2.75) is 32.2 Å². The quantitative estimate of drug-likeness (QED) is 0.587. The van der Waals surface area contributed by atoms with Crippen molar-refractivity contribution in [2.75, 3.05) is 25.0 Å². The Morgan fingerprint density at radius 3 is 2.87 bits per heavy atom. The van der Waals surface area contributed by atoms with E-state index in [-0.39, 0.29) is 11.9 Å². The molecule has 3 aromatic heterocycles. The van der Waals surface area contributed by atoms with Crippen LogP contribution < -0.4 is 10.6 Å². The second-order valence-corrected chi connectivity index (χ2v) is 8.10. The maximum Gasteiger partial charge on any atom is 0.320 e. The van der Waals surface area contributed by atoms with Crippen LogP contribution in [0, 0.1) is 5.95 Å². The molecule has 0 spiro atoms. The first-order chi connectivity index (χ1) is 14.6. The van der Waals surface area contributed by atoms with Gasteiger partial charge in [-0.3, -0.25) is 10.2 Å². The van der Waals surface area contributed by atoms with Gasteiger partial charge in [0, 0.05) is 35.9 Å². The van der Waals surface area contributed by atoms with E-state index in [1.54, 1.807) is 23.1 Å². The van der Waals surface area contributed by atoms with Crippen LogP contribution in [0.5, 0.6) is 0 Å². The molecule has 0 unspecified atom stereocenters. The molecule has 0 aliphatic carbocycles. The van der Waals surface area contributed by atoms with Gasteiger partial charge in [-0.25, -0.2) is 9.48 Å². The Kier molecular flexibility index (Phi) is 6.34. The van der Waals surface area contributed by atoms with Gasteiger partial charge in [0.25, 0.3) is 0 Å². The van der Waals surface area contributed by atoms with E-state index in [1.165, 1.54) is 11.5 Å². The number of pyridine rings is 1. The van der Waals surface area contributed by atoms with Gasteiger partial charge in [-0.15, -0.1) is 0 Å². The Bertz CT molecular complexity index is 983. The number of carbonyl (C=O) groups excluding carboxylic acids is 1. The average Bonchev–Trinajstić information content (AvgIpc) is 3.41. The first-order valence-corrected chi connectivity index (χ1v) is 10.8. The van der Waals surface area contributed by atoms with Gasteiger partial charge in [-0.2, -0.15) is 18.8 Å². The Labute approximate surface area is 178 Å². The van der Waals surface area contributed by atoms with Crippen LogP contribution in [-0.2, 0) is 6.54 Å². The maximum absolute atomic E-state index is 14.6. The van der Waals surface area contributed by atoms with E-state index in [1.807, 2.05) is 25.1 Å². The summed E-state index contributed by atoms with van der Waals surface area (Å²) >= 11 is 1.39. The summed E-state index contributed by atoms with van der Waals surface area (Å²) in [5.74, 6) is 0.809. The number of aromatic nitrogens is 4. The normalized spacial score (nSPS) is 15.3. The van der Waals surface area contributed by atoms with E-state index in [0.29, 0.717) is 23.7 Å². The van der Waals surface area contributed by atoms with Crippen molar-refractivity contribution >= 4 is 23.4 Å². The van der Waals surface area contributed by atoms with Crippen molar-refractivity contribution in [2.24, 2.45) is 0 Å². The van der Waals surface area contributed by atoms with Gasteiger partial charge >= 0.3 is 6.03 Å². The number of halogens is 1. The van der Waals surface area contributed by atoms with E-state index < -0.39 is 5.95 Å². The predicted molar refractivity (Wildman–Crippen MR) is 113 cm³/mol. The molecular weight excluding hydrogens is 405 g/mol. The molecule has 0 bridgehead atoms. The number of rotatable bonds is 6. The van der Waals surface area contributed by atoms with Gasteiger partial charge in [-0.05, 0) is 68.5 Å². The van der Waals surface area contributed by atoms with Crippen LogP contribution >= 0.6 is 11.5 Å². The van der Waals surface area contributed by atoms with Gasteiger partial charge in [0.1, 0.15) is 5.82 Å². The molecule has 4 rings (SSSR count). The molecule has 4 heterocycles. The highest BCUT2D eigenvalue weighted by atomic mass is 32.1. The summed E-state index contributed by atoms with van der Waals surface area (Å²) in [7, 11) is 0. The molecule has 30 heavy (non-hydrogen) atoms. The zero-order valence-corrected chi connectivity index (χ0v) is 17.5. The smallest absolute Gasteiger partial charge is 0.320 e. The number of likely N-dealkylation sites (tertiary alicyclic amines) is 1. The first kappa shape index (κ1) is 20.4. The molecule has 0 saturated carbocycles. The third kappa shape index (κ3) is 4.82. The number of nitrogens with one attached hydrogen (secondary N) is 2. The standard InChI is InChI=1S/C20H24FN7OS/c1-2-22-20(29)24-17-12-15(30-26-17)13-27-10-6-14(7-11-27)16-4-5-18(25-19(16)21)28-9-3-8-23-28/h3-5,8-9,12,14H,2,6-7,10-11,13H2,1H3,(H2,22,24,26,29). The van der Waals surface area contributed by atoms with Crippen molar-refractivity contribution in [1.29, 1.82) is 0 Å². The largest absolute Gasteiger partial charge is 0.338 e. The highest BCUT2D eigenvalue weighted by Gasteiger charge is 2.24. The number of urea groups is 1. The fourth-order valence-corrected chi connectivity index (χ4v) is 4.38. The number of hydrogen-bond acceptors (Lipinski definition) is 6. The van der Waals surface area contributed by atoms with Crippen LogP contribution in [0.3, 0.4) is 0 Å². The topological polar surface area (TPSA) is 88.0 Å². The highest BCUT2D eigenvalue weighted by Crippen LogP contribution is 2.30. The molecule has 8 nitrogen and oxygen atoms in total. The Morgan fingerprint density at radius 2 is 2.17 bits per heavy atom. The maximum atomic E-state index is 14.6. The van der Waals surface area contributed by atoms with Crippen molar-refractivity contribution in [3.63, 3.8) is 0 Å². The monoisotopic (exact) mass is 429 g/mol. The van der Waals surface area contributed by atoms with E-state index in [4.69, 9.17) is 0 Å². The average molecular weight is 430 g/mol. The summed E-state index contributed by atoms with van der Waals surface area (Å²) < 4.78 is 20.5. The van der Waals surface area contributed by atoms with Gasteiger partial charge in [0.2, 0.25) is 5.95 Å². The summed E-state index contributed by atoms with van der Waals surface area (Å²) in [6.07, 6.45) is 5.15. The summed E-state index contributed by atoms with van der Waals surface area (Å²) in [6.45, 7) is 4.97. The predicted octanol–water partition coefficient (Wildman–Crippen LogP) is 3.38. The minimum Gasteiger partial charge on any atom is -0.338 e. The third-order valence-corrected chi connectivity index (χ3v) is 5.92. The van der Waals surface area contributed by atoms with Gasteiger partial charge < -0.3 is 5.32 Å². The summed E-state index contributed by atoms with van der Waals surface area (Å²) in [6, 6.07) is 7.10. The molecule has 1 aliphatic rings. The van der Waals surface area contributed by atoms with Crippen LogP contribution in [0.25, 0.3) is 5.82 Å². The molecule has 0 atom stereocenters. The van der Waals surface area contributed by atoms with E-state index in [0.717, 1.165) is 37.4 Å². The van der Waals surface area contributed by atoms with Crippen molar-refractivity contribution < 1.29 is 9.18 Å². The zero-order valence-electron chi connectivity index (χ0n) is 16.7. The number of anilines is 1. The van der Waals surface area contributed by atoms with Crippen LogP contribution in [0.15, 0.2) is 36.7 Å². The number of piperidine rings is 1. The molecule has 1 fully saturated rings. The second-order valence-electron chi connectivity index (χ2n) is 7.21. The molecule has 1 saturated heterocycles. The molecular formula is C20H24FN7OS. The van der Waals surface area contributed by atoms with Gasteiger partial charge in [-0.1, -0.05) is 6.07 Å². The third-order valence-electron chi connectivity index (χ3n) is 5.15. The first-order valence-electron chi connectivity index (χ1n) is 10.0. The number of hydrogen-bond donors (Lipinski definition) is 2. The Morgan fingerprint density at radius 1 is 1.33 bits per heavy atom. The lowest BCUT2D eigenvalue weighted by Crippen LogP contribution is -2.32. The molecule has 0 aromatic carbocycles. The fraction of sp³-hybridized carbons (Fsp3) is 0.400. The molecule has 10 heteroatoms. The highest BCUT2D eigenvalue weighted by molar-refractivity contribution is 7.06. The molecule has 158 valence electrons. The zero-order chi connectivity index (χ0) is 20.9. The molecule has 3 aromatic rings. The molecule has 2 amide bonds. The summed E-state index contributed by atoms with van der Waals surface area (Å²) in [5.41, 5.74) is 0.678. The summed E-state index contributed by atoms with van der Waals surface area (Å²) in [4.78, 5) is 19.1. The fourth-order valence-electron chi connectivity index (χ4n) is 3.66. The summed E-state index contributed by atoms with van der Waals surface area (Å²) in [5, 5.41) is 9.51. The number of amides is 2. The van der Waals surface area contributed by atoms with Crippen LogP contribution in [-0.4, -0.2) is 49.7 Å². The van der Waals surface area contributed by atoms with Crippen LogP contribution in [0.1, 0.15) is 36.1 Å².